The monoisotopic (exact) mass is 653 g/mol. The molecule has 234 valence electrons. The van der Waals surface area contributed by atoms with Crippen LogP contribution in [0.1, 0.15) is 32.9 Å². The maximum atomic E-state index is 10.0. The summed E-state index contributed by atoms with van der Waals surface area (Å²) in [7, 11) is 0. The predicted octanol–water partition coefficient (Wildman–Crippen LogP) is 4.74. The van der Waals surface area contributed by atoms with Gasteiger partial charge < -0.3 is 39.9 Å². The van der Waals surface area contributed by atoms with Crippen LogP contribution in [-0.4, -0.2) is 97.1 Å². The molecule has 2 aromatic heterocycles. The number of anilines is 1. The molecule has 5 atom stereocenters. The number of nitrogens with one attached hydrogen (secondary N) is 1. The molecule has 1 aliphatic rings. The molecule has 0 spiro atoms. The van der Waals surface area contributed by atoms with Crippen LogP contribution in [-0.2, 0) is 4.74 Å². The molecule has 0 bridgehead atoms. The Kier molecular flexibility index (Phi) is 12.2. The van der Waals surface area contributed by atoms with Gasteiger partial charge in [0, 0.05) is 34.9 Å². The standard InChI is InChI=1S/C18H26ClN3O.C12H12Cl2N2O4/c1-3-22(11-12-23)10-4-5-14(2)21-17-8-9-20-18-13-15(19)6-7-16(17)18;13-5-1-7-8(2-6(5)14)16(4-15-7)12-11(19)10(18)9(3-17)20-12/h6-9,13-14,23H,3-5,10-12H2,1-2H3,(H,20,21);1-2,4,9-12,17-19H,3H2/t;9-,10-,11-,12-/m.1/s1. The minimum atomic E-state index is -1.17. The SMILES string of the molecule is CCN(CCO)CCCC(C)Nc1ccnc2cc(Cl)ccc12.OC[C@H]1O[C@@H](n2cnc3cc(Cl)c(Cl)cc32)[C@H](O)[C@@H]1O. The fraction of sp³-hybridized carbons (Fsp3) is 0.467. The Hall–Kier alpha value is -2.25. The molecule has 0 radical (unpaired) electrons. The number of aliphatic hydroxyl groups excluding tert-OH is 4. The van der Waals surface area contributed by atoms with E-state index in [1.165, 1.54) is 6.33 Å². The summed E-state index contributed by atoms with van der Waals surface area (Å²) in [6.45, 7) is 6.94. The van der Waals surface area contributed by atoms with Crippen molar-refractivity contribution in [3.63, 3.8) is 0 Å². The molecule has 0 amide bonds. The molecular formula is C30H38Cl3N5O5. The molecule has 10 nitrogen and oxygen atoms in total. The number of hydrogen-bond acceptors (Lipinski definition) is 9. The molecule has 1 aliphatic heterocycles. The van der Waals surface area contributed by atoms with Gasteiger partial charge in [-0.05, 0) is 69.3 Å². The van der Waals surface area contributed by atoms with Gasteiger partial charge in [-0.2, -0.15) is 0 Å². The van der Waals surface area contributed by atoms with Crippen LogP contribution >= 0.6 is 34.8 Å². The molecule has 1 saturated heterocycles. The van der Waals surface area contributed by atoms with E-state index in [0.29, 0.717) is 32.1 Å². The lowest BCUT2D eigenvalue weighted by atomic mass is 10.1. The minimum absolute atomic E-state index is 0.229. The molecule has 1 fully saturated rings. The van der Waals surface area contributed by atoms with Gasteiger partial charge in [0.05, 0.1) is 46.1 Å². The first-order valence-corrected chi connectivity index (χ1v) is 15.4. The third-order valence-electron chi connectivity index (χ3n) is 7.49. The first-order valence-electron chi connectivity index (χ1n) is 14.2. The van der Waals surface area contributed by atoms with Crippen molar-refractivity contribution in [3.05, 3.63) is 64.0 Å². The summed E-state index contributed by atoms with van der Waals surface area (Å²) in [6.07, 6.45) is 1.46. The number of benzene rings is 2. The van der Waals surface area contributed by atoms with Gasteiger partial charge in [-0.25, -0.2) is 4.98 Å². The zero-order valence-electron chi connectivity index (χ0n) is 24.1. The maximum absolute atomic E-state index is 10.0. The van der Waals surface area contributed by atoms with Crippen molar-refractivity contribution < 1.29 is 25.2 Å². The van der Waals surface area contributed by atoms with E-state index in [9.17, 15) is 10.2 Å². The molecule has 2 aromatic carbocycles. The fourth-order valence-corrected chi connectivity index (χ4v) is 5.59. The smallest absolute Gasteiger partial charge is 0.164 e. The number of halogens is 3. The second-order valence-corrected chi connectivity index (χ2v) is 11.8. The number of ether oxygens (including phenoxy) is 1. The van der Waals surface area contributed by atoms with E-state index in [1.807, 2.05) is 30.5 Å². The number of aromatic nitrogens is 3. The van der Waals surface area contributed by atoms with E-state index in [1.54, 1.807) is 16.7 Å². The molecule has 5 rings (SSSR count). The Morgan fingerprint density at radius 3 is 2.47 bits per heavy atom. The van der Waals surface area contributed by atoms with Gasteiger partial charge in [-0.15, -0.1) is 0 Å². The van der Waals surface area contributed by atoms with Crippen LogP contribution in [0.15, 0.2) is 48.9 Å². The van der Waals surface area contributed by atoms with Crippen molar-refractivity contribution in [2.45, 2.75) is 57.3 Å². The maximum Gasteiger partial charge on any atom is 0.164 e. The Labute approximate surface area is 265 Å². The van der Waals surface area contributed by atoms with E-state index < -0.39 is 24.5 Å². The molecule has 0 saturated carbocycles. The van der Waals surface area contributed by atoms with Crippen LogP contribution in [0.25, 0.3) is 21.9 Å². The van der Waals surface area contributed by atoms with E-state index in [4.69, 9.17) is 49.8 Å². The third-order valence-corrected chi connectivity index (χ3v) is 8.45. The predicted molar refractivity (Wildman–Crippen MR) is 171 cm³/mol. The molecule has 43 heavy (non-hydrogen) atoms. The number of aliphatic hydroxyl groups is 4. The average Bonchev–Trinajstić information content (AvgIpc) is 3.51. The summed E-state index contributed by atoms with van der Waals surface area (Å²) in [5, 5.41) is 44.0. The highest BCUT2D eigenvalue weighted by atomic mass is 35.5. The van der Waals surface area contributed by atoms with Crippen LogP contribution in [0, 0.1) is 0 Å². The van der Waals surface area contributed by atoms with Gasteiger partial charge >= 0.3 is 0 Å². The zero-order chi connectivity index (χ0) is 31.1. The summed E-state index contributed by atoms with van der Waals surface area (Å²) in [5.74, 6) is 0. The van der Waals surface area contributed by atoms with Crippen molar-refractivity contribution in [1.82, 2.24) is 19.4 Å². The largest absolute Gasteiger partial charge is 0.395 e. The Bertz CT molecular complexity index is 1490. The van der Waals surface area contributed by atoms with Crippen LogP contribution in [0.4, 0.5) is 5.69 Å². The number of nitrogens with zero attached hydrogens (tertiary/aromatic N) is 4. The van der Waals surface area contributed by atoms with Crippen LogP contribution in [0.2, 0.25) is 15.1 Å². The zero-order valence-corrected chi connectivity index (χ0v) is 26.3. The van der Waals surface area contributed by atoms with E-state index in [0.717, 1.165) is 49.1 Å². The summed E-state index contributed by atoms with van der Waals surface area (Å²) in [4.78, 5) is 10.8. The van der Waals surface area contributed by atoms with Gasteiger partial charge in [-0.1, -0.05) is 41.7 Å². The van der Waals surface area contributed by atoms with E-state index in [-0.39, 0.29) is 13.2 Å². The first-order chi connectivity index (χ1) is 20.7. The fourth-order valence-electron chi connectivity index (χ4n) is 5.11. The highest BCUT2D eigenvalue weighted by Crippen LogP contribution is 2.34. The number of hydrogen-bond donors (Lipinski definition) is 5. The quantitative estimate of drug-likeness (QED) is 0.155. The molecule has 0 aliphatic carbocycles. The summed E-state index contributed by atoms with van der Waals surface area (Å²) >= 11 is 17.9. The lowest BCUT2D eigenvalue weighted by Crippen LogP contribution is -2.33. The Morgan fingerprint density at radius 2 is 1.77 bits per heavy atom. The lowest BCUT2D eigenvalue weighted by molar-refractivity contribution is -0.0508. The molecule has 3 heterocycles. The summed E-state index contributed by atoms with van der Waals surface area (Å²) in [6, 6.07) is 11.4. The average molecular weight is 655 g/mol. The van der Waals surface area contributed by atoms with Gasteiger partial charge in [0.25, 0.3) is 0 Å². The van der Waals surface area contributed by atoms with Gasteiger partial charge in [0.15, 0.2) is 6.23 Å². The highest BCUT2D eigenvalue weighted by molar-refractivity contribution is 6.42. The second-order valence-electron chi connectivity index (χ2n) is 10.5. The molecule has 13 heteroatoms. The summed E-state index contributed by atoms with van der Waals surface area (Å²) < 4.78 is 7.01. The van der Waals surface area contributed by atoms with Crippen molar-refractivity contribution in [2.75, 3.05) is 38.2 Å². The Morgan fingerprint density at radius 1 is 1.00 bits per heavy atom. The second kappa shape index (κ2) is 15.7. The number of rotatable bonds is 11. The number of pyridine rings is 1. The van der Waals surface area contributed by atoms with Crippen molar-refractivity contribution >= 4 is 62.4 Å². The van der Waals surface area contributed by atoms with Gasteiger partial charge in [0.1, 0.15) is 18.3 Å². The van der Waals surface area contributed by atoms with Crippen molar-refractivity contribution in [2.24, 2.45) is 0 Å². The normalized spacial score (nSPS) is 20.9. The van der Waals surface area contributed by atoms with Gasteiger partial charge in [0.2, 0.25) is 0 Å². The van der Waals surface area contributed by atoms with Crippen LogP contribution < -0.4 is 5.32 Å². The van der Waals surface area contributed by atoms with E-state index >= 15 is 0 Å². The van der Waals surface area contributed by atoms with Crippen LogP contribution in [0.5, 0.6) is 0 Å². The number of likely N-dealkylation sites (N-methyl/N-ethyl adjacent to an activating group) is 1. The minimum Gasteiger partial charge on any atom is -0.395 e. The van der Waals surface area contributed by atoms with Crippen molar-refractivity contribution in [1.29, 1.82) is 0 Å². The molecular weight excluding hydrogens is 617 g/mol. The topological polar surface area (TPSA) is 136 Å². The van der Waals surface area contributed by atoms with Crippen LogP contribution in [0.3, 0.4) is 0 Å². The highest BCUT2D eigenvalue weighted by Gasteiger charge is 2.43. The summed E-state index contributed by atoms with van der Waals surface area (Å²) in [5.41, 5.74) is 3.23. The Balaban J connectivity index is 0.000000198. The first kappa shape index (κ1) is 33.6. The molecule has 1 unspecified atom stereocenters. The number of imidazole rings is 1. The van der Waals surface area contributed by atoms with Gasteiger partial charge in [-0.3, -0.25) is 4.98 Å². The third kappa shape index (κ3) is 8.27. The molecule has 5 N–H and O–H groups in total. The van der Waals surface area contributed by atoms with E-state index in [2.05, 4.69) is 34.0 Å². The van der Waals surface area contributed by atoms with Crippen molar-refractivity contribution in [3.8, 4) is 0 Å². The number of fused-ring (bicyclic) bond motifs is 2. The lowest BCUT2D eigenvalue weighted by Gasteiger charge is -2.21. The molecule has 4 aromatic rings.